The molecule has 31 heavy (non-hydrogen) atoms. The van der Waals surface area contributed by atoms with Crippen LogP contribution in [0.4, 0.5) is 10.1 Å². The fraction of sp³-hybridized carbons (Fsp3) is 0.364. The standard InChI is InChI=1S/C22H24FN3O4S/c23-16-7-11-18(12-8-16)31(29,30)26-13-3-4-15(14-26)21(27)25-20-6-2-1-5-19(20)22(28)24-17-9-10-17/h1-2,5-8,11-12,15,17H,3-4,9-10,13-14H2,(H,24,28)(H,25,27). The van der Waals surface area contributed by atoms with Gasteiger partial charge in [-0.15, -0.1) is 0 Å². The van der Waals surface area contributed by atoms with Gasteiger partial charge in [-0.3, -0.25) is 9.59 Å². The van der Waals surface area contributed by atoms with Crippen LogP contribution < -0.4 is 10.6 Å². The monoisotopic (exact) mass is 445 g/mol. The summed E-state index contributed by atoms with van der Waals surface area (Å²) in [7, 11) is -3.82. The van der Waals surface area contributed by atoms with Crippen molar-refractivity contribution in [3.05, 3.63) is 59.9 Å². The number of nitrogens with one attached hydrogen (secondary N) is 2. The van der Waals surface area contributed by atoms with Crippen LogP contribution in [0.1, 0.15) is 36.0 Å². The molecule has 2 fully saturated rings. The number of amides is 2. The second-order valence-electron chi connectivity index (χ2n) is 7.94. The molecule has 1 unspecified atom stereocenters. The van der Waals surface area contributed by atoms with E-state index in [2.05, 4.69) is 10.6 Å². The third-order valence-corrected chi connectivity index (χ3v) is 7.43. The molecular formula is C22H24FN3O4S. The number of anilines is 1. The van der Waals surface area contributed by atoms with E-state index in [1.165, 1.54) is 16.4 Å². The molecule has 0 spiro atoms. The Morgan fingerprint density at radius 3 is 2.42 bits per heavy atom. The van der Waals surface area contributed by atoms with Crippen LogP contribution in [0, 0.1) is 11.7 Å². The number of para-hydroxylation sites is 1. The smallest absolute Gasteiger partial charge is 0.253 e. The van der Waals surface area contributed by atoms with Crippen molar-refractivity contribution in [1.82, 2.24) is 9.62 Å². The van der Waals surface area contributed by atoms with Crippen molar-refractivity contribution in [1.29, 1.82) is 0 Å². The van der Waals surface area contributed by atoms with E-state index < -0.39 is 21.8 Å². The quantitative estimate of drug-likeness (QED) is 0.715. The van der Waals surface area contributed by atoms with E-state index in [0.717, 1.165) is 25.0 Å². The van der Waals surface area contributed by atoms with Gasteiger partial charge in [0.15, 0.2) is 0 Å². The number of rotatable bonds is 6. The van der Waals surface area contributed by atoms with E-state index in [1.807, 2.05) is 0 Å². The molecule has 1 atom stereocenters. The van der Waals surface area contributed by atoms with Crippen LogP contribution in [0.3, 0.4) is 0 Å². The number of halogens is 1. The molecule has 9 heteroatoms. The van der Waals surface area contributed by atoms with Gasteiger partial charge in [0.05, 0.1) is 22.1 Å². The van der Waals surface area contributed by atoms with Gasteiger partial charge in [-0.05, 0) is 62.1 Å². The largest absolute Gasteiger partial charge is 0.349 e. The highest BCUT2D eigenvalue weighted by Gasteiger charge is 2.34. The van der Waals surface area contributed by atoms with Crippen molar-refractivity contribution < 1.29 is 22.4 Å². The number of sulfonamides is 1. The minimum Gasteiger partial charge on any atom is -0.349 e. The van der Waals surface area contributed by atoms with Gasteiger partial charge in [0.25, 0.3) is 5.91 Å². The average molecular weight is 446 g/mol. The predicted octanol–water partition coefficient (Wildman–Crippen LogP) is 2.76. The predicted molar refractivity (Wildman–Crippen MR) is 113 cm³/mol. The molecule has 0 radical (unpaired) electrons. The molecule has 2 N–H and O–H groups in total. The molecule has 1 saturated heterocycles. The minimum atomic E-state index is -3.82. The summed E-state index contributed by atoms with van der Waals surface area (Å²) in [5, 5.41) is 5.71. The summed E-state index contributed by atoms with van der Waals surface area (Å²) in [5.74, 6) is -1.63. The van der Waals surface area contributed by atoms with Gasteiger partial charge in [-0.25, -0.2) is 12.8 Å². The number of nitrogens with zero attached hydrogens (tertiary/aromatic N) is 1. The summed E-state index contributed by atoms with van der Waals surface area (Å²) in [4.78, 5) is 25.4. The zero-order valence-electron chi connectivity index (χ0n) is 16.9. The van der Waals surface area contributed by atoms with Crippen LogP contribution in [0.15, 0.2) is 53.4 Å². The Bertz CT molecular complexity index is 1080. The Kier molecular flexibility index (Phi) is 6.06. The van der Waals surface area contributed by atoms with Crippen molar-refractivity contribution in [2.45, 2.75) is 36.6 Å². The first-order valence-electron chi connectivity index (χ1n) is 10.3. The first kappa shape index (κ1) is 21.5. The van der Waals surface area contributed by atoms with Crippen molar-refractivity contribution >= 4 is 27.5 Å². The Morgan fingerprint density at radius 1 is 1.00 bits per heavy atom. The summed E-state index contributed by atoms with van der Waals surface area (Å²) >= 11 is 0. The molecule has 2 aromatic rings. The second-order valence-corrected chi connectivity index (χ2v) is 9.88. The first-order valence-corrected chi connectivity index (χ1v) is 11.7. The normalized spacial score (nSPS) is 19.6. The molecule has 7 nitrogen and oxygen atoms in total. The highest BCUT2D eigenvalue weighted by atomic mass is 32.2. The Labute approximate surface area is 180 Å². The first-order chi connectivity index (χ1) is 14.8. The molecule has 1 aliphatic carbocycles. The van der Waals surface area contributed by atoms with Gasteiger partial charge >= 0.3 is 0 Å². The highest BCUT2D eigenvalue weighted by Crippen LogP contribution is 2.26. The van der Waals surface area contributed by atoms with E-state index in [-0.39, 0.29) is 29.3 Å². The molecular weight excluding hydrogens is 421 g/mol. The maximum atomic E-state index is 13.2. The minimum absolute atomic E-state index is 0.00273. The van der Waals surface area contributed by atoms with E-state index in [0.29, 0.717) is 30.6 Å². The summed E-state index contributed by atoms with van der Waals surface area (Å²) in [5.41, 5.74) is 0.790. The molecule has 1 heterocycles. The van der Waals surface area contributed by atoms with Crippen LogP contribution >= 0.6 is 0 Å². The van der Waals surface area contributed by atoms with Gasteiger partial charge in [0, 0.05) is 19.1 Å². The van der Waals surface area contributed by atoms with Crippen molar-refractivity contribution in [2.24, 2.45) is 5.92 Å². The molecule has 2 aromatic carbocycles. The third-order valence-electron chi connectivity index (χ3n) is 5.55. The zero-order chi connectivity index (χ0) is 22.0. The maximum Gasteiger partial charge on any atom is 0.253 e. The average Bonchev–Trinajstić information content (AvgIpc) is 3.58. The SMILES string of the molecule is O=C(NC1CC1)c1ccccc1NC(=O)C1CCCN(S(=O)(=O)c2ccc(F)cc2)C1. The topological polar surface area (TPSA) is 95.6 Å². The van der Waals surface area contributed by atoms with Crippen LogP contribution in [0.5, 0.6) is 0 Å². The van der Waals surface area contributed by atoms with Gasteiger partial charge in [0.2, 0.25) is 15.9 Å². The molecule has 1 aliphatic heterocycles. The highest BCUT2D eigenvalue weighted by molar-refractivity contribution is 7.89. The van der Waals surface area contributed by atoms with Gasteiger partial charge in [0.1, 0.15) is 5.82 Å². The molecule has 164 valence electrons. The maximum absolute atomic E-state index is 13.2. The van der Waals surface area contributed by atoms with E-state index in [4.69, 9.17) is 0 Å². The lowest BCUT2D eigenvalue weighted by Gasteiger charge is -2.31. The summed E-state index contributed by atoms with van der Waals surface area (Å²) in [6.45, 7) is 0.325. The Balaban J connectivity index is 1.46. The van der Waals surface area contributed by atoms with E-state index in [1.54, 1.807) is 24.3 Å². The molecule has 2 aliphatic rings. The van der Waals surface area contributed by atoms with E-state index in [9.17, 15) is 22.4 Å². The third kappa shape index (κ3) is 4.94. The molecule has 2 amide bonds. The van der Waals surface area contributed by atoms with Gasteiger partial charge in [-0.1, -0.05) is 12.1 Å². The Morgan fingerprint density at radius 2 is 1.71 bits per heavy atom. The van der Waals surface area contributed by atoms with Crippen molar-refractivity contribution in [3.8, 4) is 0 Å². The molecule has 0 aromatic heterocycles. The number of carbonyl (C=O) groups is 2. The van der Waals surface area contributed by atoms with E-state index >= 15 is 0 Å². The Hall–Kier alpha value is -2.78. The molecule has 1 saturated carbocycles. The fourth-order valence-electron chi connectivity index (χ4n) is 3.65. The van der Waals surface area contributed by atoms with Crippen LogP contribution in [-0.2, 0) is 14.8 Å². The van der Waals surface area contributed by atoms with Gasteiger partial charge < -0.3 is 10.6 Å². The van der Waals surface area contributed by atoms with Crippen molar-refractivity contribution in [2.75, 3.05) is 18.4 Å². The number of carbonyl (C=O) groups excluding carboxylic acids is 2. The summed E-state index contributed by atoms with van der Waals surface area (Å²) < 4.78 is 40.2. The molecule has 4 rings (SSSR count). The second kappa shape index (κ2) is 8.76. The zero-order valence-corrected chi connectivity index (χ0v) is 17.7. The van der Waals surface area contributed by atoms with Crippen LogP contribution in [-0.4, -0.2) is 43.7 Å². The number of hydrogen-bond donors (Lipinski definition) is 2. The number of piperidine rings is 1. The van der Waals surface area contributed by atoms with Crippen molar-refractivity contribution in [3.63, 3.8) is 0 Å². The number of benzene rings is 2. The van der Waals surface area contributed by atoms with Crippen LogP contribution in [0.25, 0.3) is 0 Å². The lowest BCUT2D eigenvalue weighted by Crippen LogP contribution is -2.43. The summed E-state index contributed by atoms with van der Waals surface area (Å²) in [6, 6.07) is 11.6. The fourth-order valence-corrected chi connectivity index (χ4v) is 5.17. The molecule has 0 bridgehead atoms. The lowest BCUT2D eigenvalue weighted by atomic mass is 9.98. The van der Waals surface area contributed by atoms with Crippen LogP contribution in [0.2, 0.25) is 0 Å². The lowest BCUT2D eigenvalue weighted by molar-refractivity contribution is -0.120. The number of hydrogen-bond acceptors (Lipinski definition) is 4. The van der Waals surface area contributed by atoms with Gasteiger partial charge in [-0.2, -0.15) is 4.31 Å². The summed E-state index contributed by atoms with van der Waals surface area (Å²) in [6.07, 6.45) is 2.99.